The summed E-state index contributed by atoms with van der Waals surface area (Å²) in [6.07, 6.45) is 10.1. The van der Waals surface area contributed by atoms with E-state index in [1.54, 1.807) is 0 Å². The third-order valence-electron chi connectivity index (χ3n) is 5.21. The molecule has 1 nitrogen and oxygen atoms in total. The molecule has 0 radical (unpaired) electrons. The molecule has 17 heavy (non-hydrogen) atoms. The molecule has 0 bridgehead atoms. The van der Waals surface area contributed by atoms with Crippen LogP contribution in [0, 0.1) is 17.3 Å². The minimum absolute atomic E-state index is 0.470. The van der Waals surface area contributed by atoms with Crippen LogP contribution in [0.2, 0.25) is 0 Å². The Morgan fingerprint density at radius 3 is 2.12 bits per heavy atom. The second-order valence-corrected chi connectivity index (χ2v) is 7.51. The van der Waals surface area contributed by atoms with E-state index in [-0.39, 0.29) is 0 Å². The Balaban J connectivity index is 1.91. The summed E-state index contributed by atoms with van der Waals surface area (Å²) in [7, 11) is 0. The first-order valence-electron chi connectivity index (χ1n) is 7.74. The zero-order valence-corrected chi connectivity index (χ0v) is 12.3. The fourth-order valence-electron chi connectivity index (χ4n) is 3.78. The van der Waals surface area contributed by atoms with Crippen LogP contribution in [0.25, 0.3) is 0 Å². The zero-order chi connectivity index (χ0) is 12.5. The van der Waals surface area contributed by atoms with Gasteiger partial charge in [-0.1, -0.05) is 40.0 Å². The average molecular weight is 237 g/mol. The molecule has 0 aliphatic heterocycles. The van der Waals surface area contributed by atoms with Crippen molar-refractivity contribution in [1.29, 1.82) is 0 Å². The molecule has 1 N–H and O–H groups in total. The molecule has 0 saturated heterocycles. The molecule has 2 saturated carbocycles. The molecular formula is C16H31N. The molecule has 0 aromatic carbocycles. The highest BCUT2D eigenvalue weighted by Gasteiger charge is 2.36. The van der Waals surface area contributed by atoms with Gasteiger partial charge in [0.1, 0.15) is 0 Å². The lowest BCUT2D eigenvalue weighted by atomic mass is 9.69. The number of hydrogen-bond acceptors (Lipinski definition) is 1. The summed E-state index contributed by atoms with van der Waals surface area (Å²) >= 11 is 0. The Morgan fingerprint density at radius 1 is 0.941 bits per heavy atom. The van der Waals surface area contributed by atoms with Crippen molar-refractivity contribution in [2.45, 2.75) is 84.7 Å². The van der Waals surface area contributed by atoms with Crippen LogP contribution in [0.3, 0.4) is 0 Å². The molecule has 0 heterocycles. The van der Waals surface area contributed by atoms with E-state index < -0.39 is 0 Å². The van der Waals surface area contributed by atoms with Gasteiger partial charge in [-0.2, -0.15) is 0 Å². The normalized spacial score (nSPS) is 33.2. The lowest BCUT2D eigenvalue weighted by molar-refractivity contribution is 0.107. The summed E-state index contributed by atoms with van der Waals surface area (Å²) in [6, 6.07) is 1.52. The standard InChI is InChI=1S/C16H31N/c1-12(13-8-7-9-13)17-15-11-6-5-10-14(15)16(2,3)4/h12-15,17H,5-11H2,1-4H3. The van der Waals surface area contributed by atoms with E-state index in [0.29, 0.717) is 5.41 Å². The molecule has 0 aromatic heterocycles. The highest BCUT2D eigenvalue weighted by molar-refractivity contribution is 4.91. The van der Waals surface area contributed by atoms with Gasteiger partial charge in [-0.05, 0) is 49.9 Å². The predicted octanol–water partition coefficient (Wildman–Crippen LogP) is 4.37. The first-order chi connectivity index (χ1) is 7.98. The second-order valence-electron chi connectivity index (χ2n) is 7.51. The van der Waals surface area contributed by atoms with E-state index in [0.717, 1.165) is 23.9 Å². The molecule has 0 spiro atoms. The van der Waals surface area contributed by atoms with E-state index in [2.05, 4.69) is 33.0 Å². The number of nitrogens with one attached hydrogen (secondary N) is 1. The predicted molar refractivity (Wildman–Crippen MR) is 75.1 cm³/mol. The highest BCUT2D eigenvalue weighted by Crippen LogP contribution is 2.39. The van der Waals surface area contributed by atoms with E-state index in [9.17, 15) is 0 Å². The van der Waals surface area contributed by atoms with Gasteiger partial charge in [0.2, 0.25) is 0 Å². The van der Waals surface area contributed by atoms with Crippen molar-refractivity contribution in [3.05, 3.63) is 0 Å². The molecule has 2 aliphatic rings. The molecule has 2 fully saturated rings. The van der Waals surface area contributed by atoms with Gasteiger partial charge in [0.15, 0.2) is 0 Å². The third-order valence-corrected chi connectivity index (χ3v) is 5.21. The molecule has 3 unspecified atom stereocenters. The fourth-order valence-corrected chi connectivity index (χ4v) is 3.78. The quantitative estimate of drug-likeness (QED) is 0.768. The van der Waals surface area contributed by atoms with Gasteiger partial charge >= 0.3 is 0 Å². The van der Waals surface area contributed by atoms with Gasteiger partial charge in [0.25, 0.3) is 0 Å². The monoisotopic (exact) mass is 237 g/mol. The van der Waals surface area contributed by atoms with Crippen LogP contribution in [-0.4, -0.2) is 12.1 Å². The van der Waals surface area contributed by atoms with E-state index in [4.69, 9.17) is 0 Å². The minimum Gasteiger partial charge on any atom is -0.311 e. The largest absolute Gasteiger partial charge is 0.311 e. The van der Waals surface area contributed by atoms with E-state index in [1.807, 2.05) is 0 Å². The maximum atomic E-state index is 3.98. The lowest BCUT2D eigenvalue weighted by Gasteiger charge is -2.44. The Labute approximate surface area is 108 Å². The summed E-state index contributed by atoms with van der Waals surface area (Å²) in [6.45, 7) is 9.68. The zero-order valence-electron chi connectivity index (χ0n) is 12.3. The third kappa shape index (κ3) is 3.24. The molecule has 2 rings (SSSR count). The van der Waals surface area contributed by atoms with Crippen LogP contribution in [0.4, 0.5) is 0 Å². The van der Waals surface area contributed by atoms with Gasteiger partial charge < -0.3 is 5.32 Å². The molecule has 1 heteroatoms. The van der Waals surface area contributed by atoms with Crippen molar-refractivity contribution in [3.63, 3.8) is 0 Å². The van der Waals surface area contributed by atoms with Crippen LogP contribution in [0.1, 0.15) is 72.6 Å². The van der Waals surface area contributed by atoms with Gasteiger partial charge in [-0.25, -0.2) is 0 Å². The summed E-state index contributed by atoms with van der Waals surface area (Å²) in [4.78, 5) is 0. The van der Waals surface area contributed by atoms with Gasteiger partial charge in [0.05, 0.1) is 0 Å². The SMILES string of the molecule is CC(NC1CCCCC1C(C)(C)C)C1CCC1. The van der Waals surface area contributed by atoms with Gasteiger partial charge in [-0.15, -0.1) is 0 Å². The van der Waals surface area contributed by atoms with Crippen molar-refractivity contribution in [2.75, 3.05) is 0 Å². The van der Waals surface area contributed by atoms with Crippen molar-refractivity contribution >= 4 is 0 Å². The summed E-state index contributed by atoms with van der Waals surface area (Å²) < 4.78 is 0. The van der Waals surface area contributed by atoms with Crippen LogP contribution >= 0.6 is 0 Å². The van der Waals surface area contributed by atoms with Crippen LogP contribution in [0.5, 0.6) is 0 Å². The van der Waals surface area contributed by atoms with E-state index in [1.165, 1.54) is 44.9 Å². The van der Waals surface area contributed by atoms with Crippen molar-refractivity contribution < 1.29 is 0 Å². The minimum atomic E-state index is 0.470. The molecule has 0 amide bonds. The maximum absolute atomic E-state index is 3.98. The Morgan fingerprint density at radius 2 is 1.59 bits per heavy atom. The second kappa shape index (κ2) is 5.30. The Kier molecular flexibility index (Phi) is 4.18. The molecule has 3 atom stereocenters. The van der Waals surface area contributed by atoms with E-state index >= 15 is 0 Å². The highest BCUT2D eigenvalue weighted by atomic mass is 15.0. The topological polar surface area (TPSA) is 12.0 Å². The van der Waals surface area contributed by atoms with Gasteiger partial charge in [-0.3, -0.25) is 0 Å². The molecule has 2 aliphatic carbocycles. The fraction of sp³-hybridized carbons (Fsp3) is 1.00. The van der Waals surface area contributed by atoms with Gasteiger partial charge in [0, 0.05) is 12.1 Å². The molecule has 100 valence electrons. The Hall–Kier alpha value is -0.0400. The summed E-state index contributed by atoms with van der Waals surface area (Å²) in [5.74, 6) is 1.84. The summed E-state index contributed by atoms with van der Waals surface area (Å²) in [5, 5.41) is 3.98. The maximum Gasteiger partial charge on any atom is 0.0103 e. The van der Waals surface area contributed by atoms with Crippen molar-refractivity contribution in [1.82, 2.24) is 5.32 Å². The lowest BCUT2D eigenvalue weighted by Crippen LogP contribution is -2.50. The average Bonchev–Trinajstić information content (AvgIpc) is 2.13. The van der Waals surface area contributed by atoms with Crippen LogP contribution < -0.4 is 5.32 Å². The smallest absolute Gasteiger partial charge is 0.0103 e. The summed E-state index contributed by atoms with van der Waals surface area (Å²) in [5.41, 5.74) is 0.470. The first kappa shape index (κ1) is 13.4. The number of rotatable bonds is 3. The molecular weight excluding hydrogens is 206 g/mol. The van der Waals surface area contributed by atoms with Crippen LogP contribution in [-0.2, 0) is 0 Å². The van der Waals surface area contributed by atoms with Crippen molar-refractivity contribution in [2.24, 2.45) is 17.3 Å². The number of hydrogen-bond donors (Lipinski definition) is 1. The first-order valence-corrected chi connectivity index (χ1v) is 7.74. The Bertz CT molecular complexity index is 236. The molecule has 0 aromatic rings. The van der Waals surface area contributed by atoms with Crippen molar-refractivity contribution in [3.8, 4) is 0 Å². The van der Waals surface area contributed by atoms with Crippen LogP contribution in [0.15, 0.2) is 0 Å².